The van der Waals surface area contributed by atoms with Gasteiger partial charge in [0.2, 0.25) is 0 Å². The number of benzene rings is 3. The van der Waals surface area contributed by atoms with Crippen molar-refractivity contribution in [2.24, 2.45) is 0 Å². The van der Waals surface area contributed by atoms with Crippen LogP contribution in [0.3, 0.4) is 0 Å². The highest BCUT2D eigenvalue weighted by Gasteiger charge is 2.21. The predicted molar refractivity (Wildman–Crippen MR) is 98.9 cm³/mol. The van der Waals surface area contributed by atoms with Crippen LogP contribution in [0.5, 0.6) is 0 Å². The molecule has 0 bridgehead atoms. The number of hydrogen-bond donors (Lipinski definition) is 1. The summed E-state index contributed by atoms with van der Waals surface area (Å²) < 4.78 is 0. The summed E-state index contributed by atoms with van der Waals surface area (Å²) in [5, 5.41) is 12.0. The van der Waals surface area contributed by atoms with Gasteiger partial charge < -0.3 is 10.6 Å². The first-order chi connectivity index (χ1) is 11.8. The van der Waals surface area contributed by atoms with E-state index in [9.17, 15) is 5.26 Å². The van der Waals surface area contributed by atoms with Gasteiger partial charge in [0.05, 0.1) is 5.56 Å². The number of hydrogen-bond acceptors (Lipinski definition) is 3. The van der Waals surface area contributed by atoms with Gasteiger partial charge in [-0.15, -0.1) is 0 Å². The fourth-order valence-electron chi connectivity index (χ4n) is 3.70. The fourth-order valence-corrected chi connectivity index (χ4v) is 3.70. The molecule has 4 rings (SSSR count). The number of nitrogen functional groups attached to an aromatic ring is 1. The Labute approximate surface area is 141 Å². The third-order valence-electron chi connectivity index (χ3n) is 4.87. The van der Waals surface area contributed by atoms with Gasteiger partial charge in [-0.25, -0.2) is 0 Å². The van der Waals surface area contributed by atoms with E-state index in [1.807, 2.05) is 6.07 Å². The number of nitrogens with two attached hydrogens (primary N) is 1. The van der Waals surface area contributed by atoms with Crippen LogP contribution in [0.1, 0.15) is 23.1 Å². The molecule has 0 unspecified atom stereocenters. The van der Waals surface area contributed by atoms with Gasteiger partial charge in [-0.1, -0.05) is 42.5 Å². The second-order valence-electron chi connectivity index (χ2n) is 6.30. The van der Waals surface area contributed by atoms with Crippen molar-refractivity contribution in [3.63, 3.8) is 0 Å². The second kappa shape index (κ2) is 5.90. The first kappa shape index (κ1) is 14.6. The highest BCUT2D eigenvalue weighted by molar-refractivity contribution is 5.86. The van der Waals surface area contributed by atoms with E-state index in [0.717, 1.165) is 37.2 Å². The summed E-state index contributed by atoms with van der Waals surface area (Å²) in [5.41, 5.74) is 10.8. The average molecular weight is 313 g/mol. The Bertz CT molecular complexity index is 948. The first-order valence-corrected chi connectivity index (χ1v) is 8.31. The summed E-state index contributed by atoms with van der Waals surface area (Å²) >= 11 is 0. The molecule has 3 heteroatoms. The van der Waals surface area contributed by atoms with Gasteiger partial charge in [0, 0.05) is 24.5 Å². The van der Waals surface area contributed by atoms with Crippen molar-refractivity contribution in [3.05, 3.63) is 71.3 Å². The Morgan fingerprint density at radius 3 is 2.75 bits per heavy atom. The van der Waals surface area contributed by atoms with Crippen molar-refractivity contribution in [1.82, 2.24) is 0 Å². The lowest BCUT2D eigenvalue weighted by Gasteiger charge is -2.32. The number of rotatable bonds is 2. The van der Waals surface area contributed by atoms with E-state index in [1.54, 1.807) is 0 Å². The largest absolute Gasteiger partial charge is 0.398 e. The van der Waals surface area contributed by atoms with E-state index in [-0.39, 0.29) is 0 Å². The van der Waals surface area contributed by atoms with Crippen LogP contribution in [0, 0.1) is 11.3 Å². The van der Waals surface area contributed by atoms with Crippen molar-refractivity contribution in [1.29, 1.82) is 5.26 Å². The van der Waals surface area contributed by atoms with Crippen LogP contribution < -0.4 is 10.6 Å². The minimum absolute atomic E-state index is 0.586. The number of fused-ring (bicyclic) bond motifs is 2. The molecule has 0 aromatic heterocycles. The standard InChI is InChI=1S/C21H19N3/c22-13-19-18-9-4-12-24(21(18)11-10-20(19)23)14-16-7-3-6-15-5-1-2-8-17(15)16/h1-3,5-8,10-11H,4,9,12,14,23H2. The van der Waals surface area contributed by atoms with E-state index >= 15 is 0 Å². The van der Waals surface area contributed by atoms with Crippen LogP contribution in [0.25, 0.3) is 10.8 Å². The topological polar surface area (TPSA) is 53.1 Å². The molecule has 0 fully saturated rings. The number of nitrogens with zero attached hydrogens (tertiary/aromatic N) is 2. The second-order valence-corrected chi connectivity index (χ2v) is 6.30. The van der Waals surface area contributed by atoms with E-state index < -0.39 is 0 Å². The van der Waals surface area contributed by atoms with Crippen LogP contribution in [0.4, 0.5) is 11.4 Å². The lowest BCUT2D eigenvalue weighted by molar-refractivity contribution is 0.692. The molecule has 3 aromatic rings. The van der Waals surface area contributed by atoms with Gasteiger partial charge in [-0.2, -0.15) is 5.26 Å². The van der Waals surface area contributed by atoms with Crippen LogP contribution >= 0.6 is 0 Å². The van der Waals surface area contributed by atoms with Gasteiger partial charge in [0.25, 0.3) is 0 Å². The third kappa shape index (κ3) is 2.37. The molecule has 0 aliphatic carbocycles. The predicted octanol–water partition coefficient (Wildman–Crippen LogP) is 4.25. The molecule has 1 aliphatic heterocycles. The maximum absolute atomic E-state index is 9.44. The fraction of sp³-hybridized carbons (Fsp3) is 0.190. The van der Waals surface area contributed by atoms with Gasteiger partial charge >= 0.3 is 0 Å². The van der Waals surface area contributed by atoms with Gasteiger partial charge in [0.15, 0.2) is 0 Å². The van der Waals surface area contributed by atoms with Crippen LogP contribution in [0.2, 0.25) is 0 Å². The van der Waals surface area contributed by atoms with Gasteiger partial charge in [0.1, 0.15) is 6.07 Å². The van der Waals surface area contributed by atoms with Gasteiger partial charge in [-0.05, 0) is 46.9 Å². The normalized spacial score (nSPS) is 13.5. The Hall–Kier alpha value is -2.99. The molecule has 1 heterocycles. The maximum Gasteiger partial charge on any atom is 0.102 e. The SMILES string of the molecule is N#Cc1c(N)ccc2c1CCCN2Cc1cccc2ccccc12. The molecular formula is C21H19N3. The summed E-state index contributed by atoms with van der Waals surface area (Å²) in [6, 6.07) is 21.2. The smallest absolute Gasteiger partial charge is 0.102 e. The molecule has 2 N–H and O–H groups in total. The molecule has 3 aromatic carbocycles. The van der Waals surface area contributed by atoms with Crippen LogP contribution in [0.15, 0.2) is 54.6 Å². The van der Waals surface area contributed by atoms with E-state index in [0.29, 0.717) is 11.3 Å². The van der Waals surface area contributed by atoms with Crippen molar-refractivity contribution < 1.29 is 0 Å². The Morgan fingerprint density at radius 1 is 1.04 bits per heavy atom. The monoisotopic (exact) mass is 313 g/mol. The average Bonchev–Trinajstić information content (AvgIpc) is 2.62. The lowest BCUT2D eigenvalue weighted by Crippen LogP contribution is -2.29. The molecule has 0 spiro atoms. The zero-order valence-corrected chi connectivity index (χ0v) is 13.5. The van der Waals surface area contributed by atoms with Crippen molar-refractivity contribution in [2.45, 2.75) is 19.4 Å². The summed E-state index contributed by atoms with van der Waals surface area (Å²) in [7, 11) is 0. The number of anilines is 2. The molecule has 0 atom stereocenters. The summed E-state index contributed by atoms with van der Waals surface area (Å²) in [4.78, 5) is 2.38. The van der Waals surface area contributed by atoms with Gasteiger partial charge in [-0.3, -0.25) is 0 Å². The molecule has 0 radical (unpaired) electrons. The minimum atomic E-state index is 0.586. The quantitative estimate of drug-likeness (QED) is 0.720. The zero-order chi connectivity index (χ0) is 16.5. The highest BCUT2D eigenvalue weighted by atomic mass is 15.1. The molecular weight excluding hydrogens is 294 g/mol. The summed E-state index contributed by atoms with van der Waals surface area (Å²) in [6.07, 6.45) is 1.98. The Kier molecular flexibility index (Phi) is 3.59. The van der Waals surface area contributed by atoms with Crippen LogP contribution in [-0.2, 0) is 13.0 Å². The lowest BCUT2D eigenvalue weighted by atomic mass is 9.94. The Morgan fingerprint density at radius 2 is 1.88 bits per heavy atom. The molecule has 0 saturated carbocycles. The maximum atomic E-state index is 9.44. The van der Waals surface area contributed by atoms with E-state index in [4.69, 9.17) is 5.73 Å². The first-order valence-electron chi connectivity index (χ1n) is 8.31. The van der Waals surface area contributed by atoms with Crippen molar-refractivity contribution in [2.75, 3.05) is 17.2 Å². The highest BCUT2D eigenvalue weighted by Crippen LogP contribution is 2.34. The van der Waals surface area contributed by atoms with Crippen molar-refractivity contribution >= 4 is 22.1 Å². The molecule has 1 aliphatic rings. The summed E-state index contributed by atoms with van der Waals surface area (Å²) in [6.45, 7) is 1.86. The molecule has 24 heavy (non-hydrogen) atoms. The zero-order valence-electron chi connectivity index (χ0n) is 13.5. The van der Waals surface area contributed by atoms with Crippen LogP contribution in [-0.4, -0.2) is 6.54 Å². The Balaban J connectivity index is 1.76. The molecule has 0 amide bonds. The number of nitriles is 1. The van der Waals surface area contributed by atoms with E-state index in [2.05, 4.69) is 59.5 Å². The third-order valence-corrected chi connectivity index (χ3v) is 4.87. The molecule has 118 valence electrons. The van der Waals surface area contributed by atoms with Crippen molar-refractivity contribution in [3.8, 4) is 6.07 Å². The van der Waals surface area contributed by atoms with E-state index in [1.165, 1.54) is 16.3 Å². The molecule has 3 nitrogen and oxygen atoms in total. The minimum Gasteiger partial charge on any atom is -0.398 e. The molecule has 0 saturated heterocycles. The summed E-state index contributed by atoms with van der Waals surface area (Å²) in [5.74, 6) is 0.